The number of carbonyl (C=O) groups is 1. The van der Waals surface area contributed by atoms with E-state index in [0.29, 0.717) is 28.9 Å². The maximum Gasteiger partial charge on any atom is 0.171 e. The van der Waals surface area contributed by atoms with Gasteiger partial charge < -0.3 is 20.1 Å². The number of aliphatic hydroxyl groups excluding tert-OH is 1. The second kappa shape index (κ2) is 7.22. The number of fused-ring (bicyclic) bond motifs is 1. The van der Waals surface area contributed by atoms with E-state index >= 15 is 0 Å². The largest absolute Gasteiger partial charge is 0.508 e. The molecule has 0 fully saturated rings. The van der Waals surface area contributed by atoms with E-state index in [0.717, 1.165) is 11.1 Å². The van der Waals surface area contributed by atoms with Crippen molar-refractivity contribution in [1.29, 1.82) is 0 Å². The third-order valence-electron chi connectivity index (χ3n) is 4.50. The minimum absolute atomic E-state index is 0.00413. The number of phenols is 2. The summed E-state index contributed by atoms with van der Waals surface area (Å²) in [6.45, 7) is 3.56. The molecule has 3 N–H and O–H groups in total. The van der Waals surface area contributed by atoms with Crippen LogP contribution in [-0.2, 0) is 13.0 Å². The smallest absolute Gasteiger partial charge is 0.171 e. The average Bonchev–Trinajstić information content (AvgIpc) is 2.60. The SMILES string of the molecule is CC(C)=CCc1c(O)cc(CO)c2c1OC(c1ccc(O)cc1)CC2=O. The van der Waals surface area contributed by atoms with Crippen molar-refractivity contribution >= 4 is 5.78 Å². The number of benzene rings is 2. The third-order valence-corrected chi connectivity index (χ3v) is 4.50. The van der Waals surface area contributed by atoms with Gasteiger partial charge in [-0.15, -0.1) is 0 Å². The molecule has 0 saturated heterocycles. The lowest BCUT2D eigenvalue weighted by atomic mass is 9.89. The van der Waals surface area contributed by atoms with Gasteiger partial charge >= 0.3 is 0 Å². The molecular weight excluding hydrogens is 332 g/mol. The lowest BCUT2D eigenvalue weighted by molar-refractivity contribution is 0.0842. The number of aliphatic hydroxyl groups is 1. The third kappa shape index (κ3) is 3.44. The summed E-state index contributed by atoms with van der Waals surface area (Å²) < 4.78 is 6.11. The van der Waals surface area contributed by atoms with Crippen molar-refractivity contribution in [1.82, 2.24) is 0 Å². The fraction of sp³-hybridized carbons (Fsp3) is 0.286. The van der Waals surface area contributed by atoms with Crippen LogP contribution in [0.3, 0.4) is 0 Å². The van der Waals surface area contributed by atoms with Crippen LogP contribution in [0.1, 0.15) is 53.4 Å². The molecule has 0 bridgehead atoms. The van der Waals surface area contributed by atoms with Gasteiger partial charge in [0.15, 0.2) is 5.78 Å². The molecule has 0 spiro atoms. The Balaban J connectivity index is 2.09. The highest BCUT2D eigenvalue weighted by atomic mass is 16.5. The standard InChI is InChI=1S/C21H22O5/c1-12(2)3-8-16-17(24)9-14(11-22)20-18(25)10-19(26-21(16)20)13-4-6-15(23)7-5-13/h3-7,9,19,22-24H,8,10-11H2,1-2H3. The topological polar surface area (TPSA) is 87.0 Å². The van der Waals surface area contributed by atoms with E-state index in [9.17, 15) is 20.1 Å². The fourth-order valence-corrected chi connectivity index (χ4v) is 3.13. The number of rotatable bonds is 4. The minimum Gasteiger partial charge on any atom is -0.508 e. The zero-order valence-corrected chi connectivity index (χ0v) is 14.8. The van der Waals surface area contributed by atoms with E-state index in [1.807, 2.05) is 19.9 Å². The van der Waals surface area contributed by atoms with Crippen molar-refractivity contribution in [2.75, 3.05) is 0 Å². The summed E-state index contributed by atoms with van der Waals surface area (Å²) in [5.74, 6) is 0.345. The first-order valence-corrected chi connectivity index (χ1v) is 8.51. The van der Waals surface area contributed by atoms with Crippen LogP contribution in [0.2, 0.25) is 0 Å². The molecule has 0 saturated carbocycles. The molecule has 0 aliphatic carbocycles. The first kappa shape index (κ1) is 18.0. The van der Waals surface area contributed by atoms with Crippen LogP contribution < -0.4 is 4.74 Å². The summed E-state index contributed by atoms with van der Waals surface area (Å²) in [5, 5.41) is 29.5. The first-order chi connectivity index (χ1) is 12.4. The van der Waals surface area contributed by atoms with Crippen molar-refractivity contribution in [2.24, 2.45) is 0 Å². The minimum atomic E-state index is -0.505. The van der Waals surface area contributed by atoms with Gasteiger partial charge in [-0.25, -0.2) is 0 Å². The highest BCUT2D eigenvalue weighted by molar-refractivity contribution is 6.02. The quantitative estimate of drug-likeness (QED) is 0.727. The molecule has 1 aliphatic heterocycles. The van der Waals surface area contributed by atoms with Gasteiger partial charge in [-0.05, 0) is 49.6 Å². The maximum absolute atomic E-state index is 12.8. The summed E-state index contributed by atoms with van der Waals surface area (Å²) in [6, 6.07) is 7.96. The second-order valence-corrected chi connectivity index (χ2v) is 6.71. The lowest BCUT2D eigenvalue weighted by Crippen LogP contribution is -2.23. The van der Waals surface area contributed by atoms with Crippen molar-refractivity contribution in [2.45, 2.75) is 39.4 Å². The Labute approximate surface area is 152 Å². The number of carbonyl (C=O) groups excluding carboxylic acids is 1. The number of phenolic OH excluding ortho intramolecular Hbond substituents is 2. The predicted octanol–water partition coefficient (Wildman–Crippen LogP) is 3.81. The molecule has 2 aromatic carbocycles. The Bertz CT molecular complexity index is 861. The molecule has 136 valence electrons. The number of ether oxygens (including phenoxy) is 1. The number of hydrogen-bond donors (Lipinski definition) is 3. The van der Waals surface area contributed by atoms with Gasteiger partial charge in [-0.3, -0.25) is 4.79 Å². The molecule has 3 rings (SSSR count). The Kier molecular flexibility index (Phi) is 5.00. The van der Waals surface area contributed by atoms with Crippen LogP contribution in [0.15, 0.2) is 42.0 Å². The van der Waals surface area contributed by atoms with Gasteiger partial charge in [0, 0.05) is 5.56 Å². The summed E-state index contributed by atoms with van der Waals surface area (Å²) in [7, 11) is 0. The monoisotopic (exact) mass is 354 g/mol. The number of allylic oxidation sites excluding steroid dienone is 2. The molecule has 0 radical (unpaired) electrons. The first-order valence-electron chi connectivity index (χ1n) is 8.51. The summed E-state index contributed by atoms with van der Waals surface area (Å²) in [4.78, 5) is 12.8. The molecule has 0 aromatic heterocycles. The Morgan fingerprint density at radius 2 is 1.92 bits per heavy atom. The molecular formula is C21H22O5. The van der Waals surface area contributed by atoms with E-state index in [1.165, 1.54) is 6.07 Å². The van der Waals surface area contributed by atoms with E-state index in [-0.39, 0.29) is 30.3 Å². The van der Waals surface area contributed by atoms with Crippen LogP contribution >= 0.6 is 0 Å². The molecule has 1 atom stereocenters. The fourth-order valence-electron chi connectivity index (χ4n) is 3.13. The van der Waals surface area contributed by atoms with Crippen LogP contribution in [0.5, 0.6) is 17.2 Å². The van der Waals surface area contributed by atoms with Gasteiger partial charge in [-0.2, -0.15) is 0 Å². The van der Waals surface area contributed by atoms with Crippen LogP contribution in [0.4, 0.5) is 0 Å². The van der Waals surface area contributed by atoms with Crippen LogP contribution in [0, 0.1) is 0 Å². The molecule has 1 unspecified atom stereocenters. The molecule has 5 nitrogen and oxygen atoms in total. The molecule has 5 heteroatoms. The van der Waals surface area contributed by atoms with Gasteiger partial charge in [-0.1, -0.05) is 23.8 Å². The van der Waals surface area contributed by atoms with E-state index < -0.39 is 6.10 Å². The van der Waals surface area contributed by atoms with Crippen molar-refractivity contribution in [3.63, 3.8) is 0 Å². The zero-order valence-electron chi connectivity index (χ0n) is 14.8. The predicted molar refractivity (Wildman–Crippen MR) is 97.6 cm³/mol. The number of hydrogen-bond acceptors (Lipinski definition) is 5. The van der Waals surface area contributed by atoms with E-state index in [2.05, 4.69) is 0 Å². The normalized spacial score (nSPS) is 16.0. The summed E-state index contributed by atoms with van der Waals surface area (Å²) >= 11 is 0. The van der Waals surface area contributed by atoms with E-state index in [4.69, 9.17) is 4.74 Å². The highest BCUT2D eigenvalue weighted by Crippen LogP contribution is 2.43. The lowest BCUT2D eigenvalue weighted by Gasteiger charge is -2.29. The Morgan fingerprint density at radius 3 is 2.54 bits per heavy atom. The van der Waals surface area contributed by atoms with Crippen molar-refractivity contribution in [3.8, 4) is 17.2 Å². The number of ketones is 1. The van der Waals surface area contributed by atoms with Crippen molar-refractivity contribution in [3.05, 3.63) is 64.2 Å². The maximum atomic E-state index is 12.8. The van der Waals surface area contributed by atoms with Crippen molar-refractivity contribution < 1.29 is 24.9 Å². The number of Topliss-reactive ketones (excluding diaryl/α,β-unsaturated/α-hetero) is 1. The zero-order chi connectivity index (χ0) is 18.8. The highest BCUT2D eigenvalue weighted by Gasteiger charge is 2.32. The summed E-state index contributed by atoms with van der Waals surface area (Å²) in [6.07, 6.45) is 2.01. The van der Waals surface area contributed by atoms with Gasteiger partial charge in [0.1, 0.15) is 23.4 Å². The number of aromatic hydroxyl groups is 2. The van der Waals surface area contributed by atoms with E-state index in [1.54, 1.807) is 24.3 Å². The molecule has 26 heavy (non-hydrogen) atoms. The molecule has 0 amide bonds. The van der Waals surface area contributed by atoms with Crippen LogP contribution in [-0.4, -0.2) is 21.1 Å². The van der Waals surface area contributed by atoms with Gasteiger partial charge in [0.05, 0.1) is 18.6 Å². The van der Waals surface area contributed by atoms with Gasteiger partial charge in [0.25, 0.3) is 0 Å². The summed E-state index contributed by atoms with van der Waals surface area (Å²) in [5.41, 5.74) is 3.10. The molecule has 1 heterocycles. The molecule has 1 aliphatic rings. The molecule has 2 aromatic rings. The Hall–Kier alpha value is -2.79. The average molecular weight is 354 g/mol. The van der Waals surface area contributed by atoms with Crippen LogP contribution in [0.25, 0.3) is 0 Å². The Morgan fingerprint density at radius 1 is 1.23 bits per heavy atom. The second-order valence-electron chi connectivity index (χ2n) is 6.71. The van der Waals surface area contributed by atoms with Gasteiger partial charge in [0.2, 0.25) is 0 Å².